The molecule has 0 aliphatic heterocycles. The average molecular weight is 346 g/mol. The standard InChI is InChI=1S/C13H9F3N2O4S/c1-22-12(19)8-5-23-6-10(8)17-9-3-2-7(13(14,15)16)4-11(9)18(20)21/h2-6,17H,1H3. The summed E-state index contributed by atoms with van der Waals surface area (Å²) in [6, 6.07) is 2.10. The zero-order chi connectivity index (χ0) is 17.2. The van der Waals surface area contributed by atoms with Gasteiger partial charge in [-0.1, -0.05) is 0 Å². The second-order valence-electron chi connectivity index (χ2n) is 4.30. The first-order valence-electron chi connectivity index (χ1n) is 6.01. The van der Waals surface area contributed by atoms with E-state index >= 15 is 0 Å². The molecule has 0 atom stereocenters. The monoisotopic (exact) mass is 346 g/mol. The lowest BCUT2D eigenvalue weighted by atomic mass is 10.1. The number of hydrogen-bond acceptors (Lipinski definition) is 6. The molecule has 10 heteroatoms. The number of alkyl halides is 3. The summed E-state index contributed by atoms with van der Waals surface area (Å²) in [5.74, 6) is -0.664. The summed E-state index contributed by atoms with van der Waals surface area (Å²) in [6.45, 7) is 0. The minimum Gasteiger partial charge on any atom is -0.465 e. The van der Waals surface area contributed by atoms with E-state index in [0.29, 0.717) is 6.07 Å². The molecule has 0 unspecified atom stereocenters. The topological polar surface area (TPSA) is 81.5 Å². The van der Waals surface area contributed by atoms with E-state index in [1.165, 1.54) is 17.9 Å². The van der Waals surface area contributed by atoms with Gasteiger partial charge in [0.25, 0.3) is 5.69 Å². The number of nitrogens with zero attached hydrogens (tertiary/aromatic N) is 1. The highest BCUT2D eigenvalue weighted by atomic mass is 32.1. The number of methoxy groups -OCH3 is 1. The Hall–Kier alpha value is -2.62. The van der Waals surface area contributed by atoms with Gasteiger partial charge in [-0.05, 0) is 12.1 Å². The molecule has 0 aliphatic rings. The fraction of sp³-hybridized carbons (Fsp3) is 0.154. The number of thiophene rings is 1. The number of nitro groups is 1. The molecule has 2 rings (SSSR count). The van der Waals surface area contributed by atoms with E-state index < -0.39 is 28.3 Å². The summed E-state index contributed by atoms with van der Waals surface area (Å²) in [6.07, 6.45) is -4.69. The molecule has 122 valence electrons. The molecule has 0 spiro atoms. The number of carbonyl (C=O) groups is 1. The molecule has 1 aromatic carbocycles. The Kier molecular flexibility index (Phi) is 4.55. The summed E-state index contributed by atoms with van der Waals surface area (Å²) < 4.78 is 42.5. The van der Waals surface area contributed by atoms with Gasteiger partial charge in [0.05, 0.1) is 28.8 Å². The Morgan fingerprint density at radius 3 is 2.57 bits per heavy atom. The molecule has 0 bridgehead atoms. The van der Waals surface area contributed by atoms with Crippen molar-refractivity contribution in [3.63, 3.8) is 0 Å². The number of hydrogen-bond donors (Lipinski definition) is 1. The van der Waals surface area contributed by atoms with Crippen LogP contribution in [0.2, 0.25) is 0 Å². The number of nitro benzene ring substituents is 1. The highest BCUT2D eigenvalue weighted by molar-refractivity contribution is 7.08. The molecule has 6 nitrogen and oxygen atoms in total. The number of benzene rings is 1. The number of halogens is 3. The van der Waals surface area contributed by atoms with E-state index in [1.807, 2.05) is 0 Å². The summed E-state index contributed by atoms with van der Waals surface area (Å²) in [7, 11) is 1.17. The summed E-state index contributed by atoms with van der Waals surface area (Å²) in [5, 5.41) is 16.6. The zero-order valence-electron chi connectivity index (χ0n) is 11.5. The van der Waals surface area contributed by atoms with Gasteiger partial charge >= 0.3 is 12.1 Å². The van der Waals surface area contributed by atoms with Crippen LogP contribution in [-0.4, -0.2) is 18.0 Å². The first kappa shape index (κ1) is 16.7. The maximum Gasteiger partial charge on any atom is 0.416 e. The van der Waals surface area contributed by atoms with Crippen LogP contribution >= 0.6 is 11.3 Å². The second kappa shape index (κ2) is 6.24. The molecule has 23 heavy (non-hydrogen) atoms. The Morgan fingerprint density at radius 1 is 1.30 bits per heavy atom. The largest absolute Gasteiger partial charge is 0.465 e. The minimum absolute atomic E-state index is 0.131. The van der Waals surface area contributed by atoms with E-state index in [4.69, 9.17) is 0 Å². The van der Waals surface area contributed by atoms with Crippen LogP contribution in [0.25, 0.3) is 0 Å². The van der Waals surface area contributed by atoms with Crippen molar-refractivity contribution in [1.82, 2.24) is 0 Å². The summed E-state index contributed by atoms with van der Waals surface area (Å²) >= 11 is 1.14. The van der Waals surface area contributed by atoms with Gasteiger partial charge in [0.1, 0.15) is 5.69 Å². The maximum absolute atomic E-state index is 12.7. The number of ether oxygens (including phenoxy) is 1. The van der Waals surface area contributed by atoms with Gasteiger partial charge in [0, 0.05) is 16.8 Å². The van der Waals surface area contributed by atoms with Crippen LogP contribution in [0.3, 0.4) is 0 Å². The van der Waals surface area contributed by atoms with Crippen molar-refractivity contribution in [2.45, 2.75) is 6.18 Å². The van der Waals surface area contributed by atoms with E-state index in [9.17, 15) is 28.1 Å². The molecular formula is C13H9F3N2O4S. The number of anilines is 2. The molecule has 1 aromatic heterocycles. The van der Waals surface area contributed by atoms with Crippen LogP contribution in [-0.2, 0) is 10.9 Å². The molecule has 2 aromatic rings. The number of rotatable bonds is 4. The number of esters is 1. The molecule has 0 saturated heterocycles. The van der Waals surface area contributed by atoms with E-state index in [-0.39, 0.29) is 16.9 Å². The fourth-order valence-corrected chi connectivity index (χ4v) is 2.52. The Morgan fingerprint density at radius 2 is 2.00 bits per heavy atom. The van der Waals surface area contributed by atoms with Crippen LogP contribution < -0.4 is 5.32 Å². The van der Waals surface area contributed by atoms with E-state index in [0.717, 1.165) is 23.5 Å². The molecule has 0 fully saturated rings. The smallest absolute Gasteiger partial charge is 0.416 e. The molecule has 1 N–H and O–H groups in total. The third kappa shape index (κ3) is 3.59. The van der Waals surface area contributed by atoms with Crippen molar-refractivity contribution < 1.29 is 27.6 Å². The third-order valence-electron chi connectivity index (χ3n) is 2.86. The van der Waals surface area contributed by atoms with Gasteiger partial charge in [-0.3, -0.25) is 10.1 Å². The normalized spacial score (nSPS) is 11.1. The Balaban J connectivity index is 2.43. The number of carbonyl (C=O) groups excluding carboxylic acids is 1. The van der Waals surface area contributed by atoms with Gasteiger partial charge in [-0.2, -0.15) is 13.2 Å². The van der Waals surface area contributed by atoms with Gasteiger partial charge in [-0.25, -0.2) is 4.79 Å². The second-order valence-corrected chi connectivity index (χ2v) is 5.05. The van der Waals surface area contributed by atoms with Crippen molar-refractivity contribution in [3.05, 3.63) is 50.2 Å². The maximum atomic E-state index is 12.7. The Bertz CT molecular complexity index is 758. The van der Waals surface area contributed by atoms with Gasteiger partial charge in [0.2, 0.25) is 0 Å². The van der Waals surface area contributed by atoms with Crippen LogP contribution in [0.4, 0.5) is 30.2 Å². The van der Waals surface area contributed by atoms with Crippen molar-refractivity contribution in [3.8, 4) is 0 Å². The van der Waals surface area contributed by atoms with Crippen molar-refractivity contribution in [1.29, 1.82) is 0 Å². The predicted octanol–water partition coefficient (Wildman–Crippen LogP) is 4.21. The van der Waals surface area contributed by atoms with Gasteiger partial charge in [-0.15, -0.1) is 11.3 Å². The lowest BCUT2D eigenvalue weighted by Crippen LogP contribution is -2.07. The minimum atomic E-state index is -4.69. The van der Waals surface area contributed by atoms with Crippen molar-refractivity contribution >= 4 is 34.4 Å². The van der Waals surface area contributed by atoms with E-state index in [2.05, 4.69) is 10.1 Å². The lowest BCUT2D eigenvalue weighted by Gasteiger charge is -2.10. The first-order valence-corrected chi connectivity index (χ1v) is 6.95. The lowest BCUT2D eigenvalue weighted by molar-refractivity contribution is -0.384. The summed E-state index contributed by atoms with van der Waals surface area (Å²) in [4.78, 5) is 21.6. The van der Waals surface area contributed by atoms with E-state index in [1.54, 1.807) is 0 Å². The molecular weight excluding hydrogens is 337 g/mol. The van der Waals surface area contributed by atoms with Crippen LogP contribution in [0.15, 0.2) is 29.0 Å². The highest BCUT2D eigenvalue weighted by Gasteiger charge is 2.33. The SMILES string of the molecule is COC(=O)c1cscc1Nc1ccc(C(F)(F)F)cc1[N+](=O)[O-]. The van der Waals surface area contributed by atoms with Gasteiger partial charge in [0.15, 0.2) is 0 Å². The van der Waals surface area contributed by atoms with Crippen LogP contribution in [0.1, 0.15) is 15.9 Å². The molecule has 1 heterocycles. The zero-order valence-corrected chi connectivity index (χ0v) is 12.3. The van der Waals surface area contributed by atoms with Crippen LogP contribution in [0.5, 0.6) is 0 Å². The van der Waals surface area contributed by atoms with Crippen molar-refractivity contribution in [2.24, 2.45) is 0 Å². The highest BCUT2D eigenvalue weighted by Crippen LogP contribution is 2.37. The molecule has 0 amide bonds. The van der Waals surface area contributed by atoms with Gasteiger partial charge < -0.3 is 10.1 Å². The number of nitrogens with one attached hydrogen (secondary N) is 1. The average Bonchev–Trinajstić information content (AvgIpc) is 2.93. The molecule has 0 radical (unpaired) electrons. The van der Waals surface area contributed by atoms with Crippen LogP contribution in [0, 0.1) is 10.1 Å². The Labute approximate surface area is 131 Å². The molecule has 0 aliphatic carbocycles. The molecule has 0 saturated carbocycles. The first-order chi connectivity index (χ1) is 10.7. The third-order valence-corrected chi connectivity index (χ3v) is 3.60. The quantitative estimate of drug-likeness (QED) is 0.510. The van der Waals surface area contributed by atoms with Crippen molar-refractivity contribution in [2.75, 3.05) is 12.4 Å². The fourth-order valence-electron chi connectivity index (χ4n) is 1.77. The summed E-state index contributed by atoms with van der Waals surface area (Å²) in [5.41, 5.74) is -1.70. The predicted molar refractivity (Wildman–Crippen MR) is 77.0 cm³/mol.